The Morgan fingerprint density at radius 2 is 1.13 bits per heavy atom. The number of aromatic nitrogens is 12. The molecule has 8 rings (SSSR count). The Morgan fingerprint density at radius 3 is 1.62 bits per heavy atom. The number of fused-ring (bicyclic) bond motifs is 2. The summed E-state index contributed by atoms with van der Waals surface area (Å²) in [7, 11) is 1.75. The van der Waals surface area contributed by atoms with Crippen molar-refractivity contribution < 1.29 is 0 Å². The first-order valence-corrected chi connectivity index (χ1v) is 17.7. The Hall–Kier alpha value is -6.35. The van der Waals surface area contributed by atoms with E-state index in [4.69, 9.17) is 11.6 Å². The summed E-state index contributed by atoms with van der Waals surface area (Å²) >= 11 is 6.12. The van der Waals surface area contributed by atoms with Crippen molar-refractivity contribution in [2.45, 2.75) is 52.9 Å². The summed E-state index contributed by atoms with van der Waals surface area (Å²) in [4.78, 5) is 49.2. The van der Waals surface area contributed by atoms with Crippen LogP contribution in [0.3, 0.4) is 0 Å². The maximum atomic E-state index is 12.8. The third kappa shape index (κ3) is 7.51. The van der Waals surface area contributed by atoms with Crippen molar-refractivity contribution in [1.82, 2.24) is 58.6 Å². The minimum atomic E-state index is -0.211. The van der Waals surface area contributed by atoms with Gasteiger partial charge in [0.15, 0.2) is 22.3 Å². The van der Waals surface area contributed by atoms with E-state index in [2.05, 4.69) is 57.6 Å². The molecule has 6 heterocycles. The number of anilines is 1. The predicted molar refractivity (Wildman–Crippen MR) is 205 cm³/mol. The van der Waals surface area contributed by atoms with Crippen molar-refractivity contribution in [2.75, 3.05) is 12.4 Å². The molecule has 0 bridgehead atoms. The zero-order valence-electron chi connectivity index (χ0n) is 29.5. The molecule has 0 saturated carbocycles. The van der Waals surface area contributed by atoms with E-state index in [1.165, 1.54) is 10.1 Å². The molecule has 0 radical (unpaired) electrons. The quantitative estimate of drug-likeness (QED) is 0.144. The van der Waals surface area contributed by atoms with Gasteiger partial charge in [0.25, 0.3) is 11.1 Å². The van der Waals surface area contributed by atoms with E-state index in [1.54, 1.807) is 24.0 Å². The van der Waals surface area contributed by atoms with E-state index in [0.717, 1.165) is 29.5 Å². The Labute approximate surface area is 308 Å². The third-order valence-corrected chi connectivity index (χ3v) is 8.77. The number of nitrogens with zero attached hydrogens (tertiary/aromatic N) is 10. The van der Waals surface area contributed by atoms with Gasteiger partial charge in [0.1, 0.15) is 11.6 Å². The van der Waals surface area contributed by atoms with E-state index in [0.29, 0.717) is 66.1 Å². The minimum Gasteiger partial charge on any atom is -0.359 e. The molecule has 270 valence electrons. The molecular weight excluding hydrogens is 694 g/mol. The van der Waals surface area contributed by atoms with Gasteiger partial charge in [0.2, 0.25) is 11.2 Å². The lowest BCUT2D eigenvalue weighted by Crippen LogP contribution is -2.24. The lowest BCUT2D eigenvalue weighted by Gasteiger charge is -2.09. The van der Waals surface area contributed by atoms with Gasteiger partial charge in [0, 0.05) is 32.5 Å². The summed E-state index contributed by atoms with van der Waals surface area (Å²) in [5.74, 6) is 1.66. The van der Waals surface area contributed by atoms with Crippen molar-refractivity contribution in [2.24, 2.45) is 0 Å². The molecule has 0 spiro atoms. The third-order valence-electron chi connectivity index (χ3n) is 8.48. The standard InChI is InChI=1S/C19H21N7O.C18H17ClN6O/c1-3-9-26-18(27)15-17(24-19(26)20-2)23-16(22-15)14-10-21-25(12-14)11-13-7-5-4-6-8-13;1-2-8-25-17(26)14-16(23-18(25)19)22-15(21-14)13-9-20-24(11-13)10-12-6-4-3-5-7-12/h4-8,10,12H,3,9,11H2,1-2H3,(H,20,24)(H,22,23);3-7,9,11H,2,8,10H2,1H3,(H,21,22). The van der Waals surface area contributed by atoms with Gasteiger partial charge in [0.05, 0.1) is 36.6 Å². The normalized spacial score (nSPS) is 11.2. The second kappa shape index (κ2) is 15.5. The van der Waals surface area contributed by atoms with Crippen LogP contribution in [0.2, 0.25) is 5.28 Å². The molecule has 6 aromatic heterocycles. The summed E-state index contributed by atoms with van der Waals surface area (Å²) in [6.07, 6.45) is 8.89. The van der Waals surface area contributed by atoms with Crippen molar-refractivity contribution in [3.8, 4) is 22.8 Å². The first-order valence-electron chi connectivity index (χ1n) is 17.3. The van der Waals surface area contributed by atoms with Crippen LogP contribution in [0.4, 0.5) is 5.95 Å². The van der Waals surface area contributed by atoms with Crippen LogP contribution in [-0.4, -0.2) is 65.6 Å². The van der Waals surface area contributed by atoms with Crippen LogP contribution in [0.15, 0.2) is 95.0 Å². The Balaban J connectivity index is 0.000000164. The first kappa shape index (κ1) is 35.1. The van der Waals surface area contributed by atoms with Crippen molar-refractivity contribution in [1.29, 1.82) is 0 Å². The second-order valence-corrected chi connectivity index (χ2v) is 12.7. The van der Waals surface area contributed by atoms with Crippen molar-refractivity contribution >= 4 is 39.9 Å². The summed E-state index contributed by atoms with van der Waals surface area (Å²) in [5.41, 5.74) is 5.08. The minimum absolute atomic E-state index is 0.123. The van der Waals surface area contributed by atoms with E-state index in [-0.39, 0.29) is 16.4 Å². The summed E-state index contributed by atoms with van der Waals surface area (Å²) in [5, 5.41) is 11.9. The van der Waals surface area contributed by atoms with E-state index < -0.39 is 0 Å². The van der Waals surface area contributed by atoms with Gasteiger partial charge < -0.3 is 15.3 Å². The second-order valence-electron chi connectivity index (χ2n) is 12.4. The highest BCUT2D eigenvalue weighted by Crippen LogP contribution is 2.21. The van der Waals surface area contributed by atoms with Gasteiger partial charge in [-0.3, -0.25) is 28.1 Å². The number of benzene rings is 2. The topological polar surface area (TPSA) is 175 Å². The van der Waals surface area contributed by atoms with E-state index >= 15 is 0 Å². The van der Waals surface area contributed by atoms with Gasteiger partial charge in [-0.25, -0.2) is 9.97 Å². The van der Waals surface area contributed by atoms with Gasteiger partial charge >= 0.3 is 0 Å². The smallest absolute Gasteiger partial charge is 0.280 e. The van der Waals surface area contributed by atoms with Gasteiger partial charge in [-0.1, -0.05) is 74.5 Å². The average molecular weight is 732 g/mol. The van der Waals surface area contributed by atoms with E-state index in [9.17, 15) is 9.59 Å². The van der Waals surface area contributed by atoms with E-state index in [1.807, 2.05) is 84.1 Å². The van der Waals surface area contributed by atoms with Crippen molar-refractivity contribution in [3.05, 3.63) is 123 Å². The number of nitrogens with one attached hydrogen (secondary N) is 3. The summed E-state index contributed by atoms with van der Waals surface area (Å²) in [6.45, 7) is 6.45. The van der Waals surface area contributed by atoms with Gasteiger partial charge in [-0.05, 0) is 35.6 Å². The van der Waals surface area contributed by atoms with Gasteiger partial charge in [-0.15, -0.1) is 0 Å². The number of hydrogen-bond donors (Lipinski definition) is 3. The molecule has 0 aliphatic rings. The number of hydrogen-bond acceptors (Lipinski definition) is 9. The monoisotopic (exact) mass is 731 g/mol. The van der Waals surface area contributed by atoms with Crippen LogP contribution >= 0.6 is 11.6 Å². The van der Waals surface area contributed by atoms with Crippen molar-refractivity contribution in [3.63, 3.8) is 0 Å². The Bertz CT molecular complexity index is 2600. The van der Waals surface area contributed by atoms with Crippen LogP contribution in [0.1, 0.15) is 37.8 Å². The maximum Gasteiger partial charge on any atom is 0.280 e. The highest BCUT2D eigenvalue weighted by atomic mass is 35.5. The molecule has 0 aliphatic heterocycles. The molecule has 3 N–H and O–H groups in total. The first-order chi connectivity index (χ1) is 25.8. The number of H-pyrrole nitrogens is 2. The largest absolute Gasteiger partial charge is 0.359 e. The van der Waals surface area contributed by atoms with Crippen LogP contribution in [-0.2, 0) is 26.2 Å². The molecule has 0 amide bonds. The van der Waals surface area contributed by atoms with Crippen LogP contribution < -0.4 is 16.4 Å². The van der Waals surface area contributed by atoms with Crippen LogP contribution in [0.5, 0.6) is 0 Å². The molecule has 0 fully saturated rings. The highest BCUT2D eigenvalue weighted by Gasteiger charge is 2.17. The summed E-state index contributed by atoms with van der Waals surface area (Å²) < 4.78 is 6.75. The summed E-state index contributed by atoms with van der Waals surface area (Å²) in [6, 6.07) is 20.2. The molecule has 8 aromatic rings. The number of aromatic amines is 2. The fraction of sp³-hybridized carbons (Fsp3) is 0.243. The van der Waals surface area contributed by atoms with Crippen LogP contribution in [0, 0.1) is 0 Å². The molecule has 0 unspecified atom stereocenters. The van der Waals surface area contributed by atoms with Crippen LogP contribution in [0.25, 0.3) is 45.1 Å². The molecule has 53 heavy (non-hydrogen) atoms. The number of halogens is 1. The highest BCUT2D eigenvalue weighted by molar-refractivity contribution is 6.28. The lowest BCUT2D eigenvalue weighted by molar-refractivity contribution is 0.648. The Kier molecular flexibility index (Phi) is 10.2. The van der Waals surface area contributed by atoms with Gasteiger partial charge in [-0.2, -0.15) is 20.2 Å². The predicted octanol–water partition coefficient (Wildman–Crippen LogP) is 5.58. The fourth-order valence-corrected chi connectivity index (χ4v) is 6.19. The maximum absolute atomic E-state index is 12.8. The fourth-order valence-electron chi connectivity index (χ4n) is 5.94. The zero-order valence-corrected chi connectivity index (χ0v) is 30.2. The number of rotatable bonds is 11. The molecule has 0 aliphatic carbocycles. The Morgan fingerprint density at radius 1 is 0.660 bits per heavy atom. The molecule has 2 aromatic carbocycles. The molecule has 0 atom stereocenters. The average Bonchev–Trinajstić information content (AvgIpc) is 3.99. The molecule has 15 nitrogen and oxygen atoms in total. The lowest BCUT2D eigenvalue weighted by atomic mass is 10.2. The molecular formula is C37H38ClN13O2. The zero-order chi connectivity index (χ0) is 36.9. The SMILES string of the molecule is CCCn1c(Cl)nc2nc(-c3cnn(Cc4ccccc4)c3)[nH]c2c1=O.CCCn1c(NC)nc2nc(-c3cnn(Cc4ccccc4)c3)[nH]c2c1=O. The molecule has 0 saturated heterocycles. The molecule has 16 heteroatoms. The number of imidazole rings is 2.